The number of ether oxygens (including phenoxy) is 1. The Bertz CT molecular complexity index is 742. The Hall–Kier alpha value is -2.24. The third kappa shape index (κ3) is 4.37. The predicted octanol–water partition coefficient (Wildman–Crippen LogP) is 2.91. The van der Waals surface area contributed by atoms with E-state index in [9.17, 15) is 17.7 Å². The van der Waals surface area contributed by atoms with Gasteiger partial charge in [-0.2, -0.15) is 23.1 Å². The number of hydrogen-bond acceptors (Lipinski definition) is 4. The lowest BCUT2D eigenvalue weighted by Gasteiger charge is -2.11. The lowest BCUT2D eigenvalue weighted by atomic mass is 10.1. The zero-order valence-electron chi connectivity index (χ0n) is 11.9. The highest BCUT2D eigenvalue weighted by Gasteiger charge is 2.35. The summed E-state index contributed by atoms with van der Waals surface area (Å²) in [6, 6.07) is 7.08. The number of hydrogen-bond donors (Lipinski definition) is 0. The van der Waals surface area contributed by atoms with Crippen LogP contribution in [0.5, 0.6) is 5.75 Å². The van der Waals surface area contributed by atoms with Gasteiger partial charge in [-0.05, 0) is 18.2 Å². The molecule has 8 heteroatoms. The lowest BCUT2D eigenvalue weighted by molar-refractivity contribution is -0.141. The van der Waals surface area contributed by atoms with E-state index in [-0.39, 0.29) is 17.5 Å². The van der Waals surface area contributed by atoms with Crippen LogP contribution in [0.2, 0.25) is 0 Å². The van der Waals surface area contributed by atoms with Gasteiger partial charge in [0.05, 0.1) is 5.69 Å². The fraction of sp³-hybridized carbons (Fsp3) is 0.200. The number of benzene rings is 1. The number of rotatable bonds is 4. The molecule has 23 heavy (non-hydrogen) atoms. The summed E-state index contributed by atoms with van der Waals surface area (Å²) >= 11 is -1.75. The molecule has 4 nitrogen and oxygen atoms in total. The molecule has 0 bridgehead atoms. The number of nitrogens with zero attached hydrogens (tertiary/aromatic N) is 2. The number of halogens is 3. The van der Waals surface area contributed by atoms with Crippen molar-refractivity contribution in [2.75, 3.05) is 12.9 Å². The molecule has 1 aromatic heterocycles. The third-order valence-electron chi connectivity index (χ3n) is 2.71. The van der Waals surface area contributed by atoms with Crippen LogP contribution in [0, 0.1) is 12.3 Å². The van der Waals surface area contributed by atoms with E-state index in [2.05, 4.69) is 15.9 Å². The molecular weight excluding hydrogens is 329 g/mol. The molecule has 1 aromatic carbocycles. The van der Waals surface area contributed by atoms with Gasteiger partial charge in [0, 0.05) is 16.7 Å². The van der Waals surface area contributed by atoms with E-state index < -0.39 is 23.0 Å². The van der Waals surface area contributed by atoms with Crippen LogP contribution < -0.4 is 4.74 Å². The van der Waals surface area contributed by atoms with Crippen molar-refractivity contribution < 1.29 is 22.5 Å². The van der Waals surface area contributed by atoms with Gasteiger partial charge in [0.2, 0.25) is 0 Å². The van der Waals surface area contributed by atoms with Crippen molar-refractivity contribution in [3.8, 4) is 29.4 Å². The van der Waals surface area contributed by atoms with Crippen LogP contribution in [0.3, 0.4) is 0 Å². The summed E-state index contributed by atoms with van der Waals surface area (Å²) < 4.78 is 55.5. The van der Waals surface area contributed by atoms with Gasteiger partial charge in [0.25, 0.3) is 0 Å². The summed E-state index contributed by atoms with van der Waals surface area (Å²) in [5.74, 6) is 2.69. The van der Waals surface area contributed by atoms with E-state index in [0.717, 1.165) is 6.07 Å². The average molecular weight is 340 g/mol. The molecule has 1 unspecified atom stereocenters. The van der Waals surface area contributed by atoms with E-state index in [4.69, 9.17) is 11.2 Å². The van der Waals surface area contributed by atoms with E-state index in [1.807, 2.05) is 0 Å². The molecular formula is C15H11F3N2O2S. The van der Waals surface area contributed by atoms with Crippen LogP contribution in [0.1, 0.15) is 5.69 Å². The normalized spacial score (nSPS) is 12.5. The van der Waals surface area contributed by atoms with E-state index in [1.54, 1.807) is 18.2 Å². The standard InChI is InChI=1S/C15H11F3N2O2S/c1-3-7-22-11-6-4-5-10(8-11)12-9-13(15(16,17)18)20-14(19-12)23(2)21/h1,4-6,8-9H,7H2,2H3. The second-order valence-corrected chi connectivity index (χ2v) is 5.67. The van der Waals surface area contributed by atoms with Crippen molar-refractivity contribution in [3.63, 3.8) is 0 Å². The molecule has 0 saturated heterocycles. The summed E-state index contributed by atoms with van der Waals surface area (Å²) in [7, 11) is 0. The molecule has 0 aliphatic rings. The molecule has 1 heterocycles. The van der Waals surface area contributed by atoms with Gasteiger partial charge < -0.3 is 9.29 Å². The van der Waals surface area contributed by atoms with E-state index >= 15 is 0 Å². The van der Waals surface area contributed by atoms with Crippen molar-refractivity contribution in [2.45, 2.75) is 11.3 Å². The fourth-order valence-electron chi connectivity index (χ4n) is 1.72. The smallest absolute Gasteiger partial charge is 0.433 e. The van der Waals surface area contributed by atoms with Gasteiger partial charge >= 0.3 is 11.3 Å². The van der Waals surface area contributed by atoms with Gasteiger partial charge in [-0.1, -0.05) is 18.1 Å². The Labute approximate surface area is 133 Å². The zero-order valence-corrected chi connectivity index (χ0v) is 12.7. The minimum absolute atomic E-state index is 0.00341. The summed E-state index contributed by atoms with van der Waals surface area (Å²) in [4.78, 5) is 7.24. The van der Waals surface area contributed by atoms with Gasteiger partial charge in [-0.3, -0.25) is 0 Å². The molecule has 0 aliphatic carbocycles. The van der Waals surface area contributed by atoms with Crippen LogP contribution in [0.25, 0.3) is 11.3 Å². The number of aromatic nitrogens is 2. The molecule has 0 aliphatic heterocycles. The summed E-state index contributed by atoms with van der Waals surface area (Å²) in [5, 5.41) is -0.384. The van der Waals surface area contributed by atoms with Crippen molar-refractivity contribution in [1.29, 1.82) is 0 Å². The third-order valence-corrected chi connectivity index (χ3v) is 3.40. The molecule has 1 atom stereocenters. The Balaban J connectivity index is 2.50. The first-order valence-electron chi connectivity index (χ1n) is 6.27. The Morgan fingerprint density at radius 2 is 2.04 bits per heavy atom. The zero-order chi connectivity index (χ0) is 17.0. The van der Waals surface area contributed by atoms with Gasteiger partial charge in [-0.15, -0.1) is 6.42 Å². The molecule has 0 spiro atoms. The highest BCUT2D eigenvalue weighted by Crippen LogP contribution is 2.31. The minimum Gasteiger partial charge on any atom is -0.609 e. The quantitative estimate of drug-likeness (QED) is 0.488. The molecule has 2 aromatic rings. The van der Waals surface area contributed by atoms with Crippen molar-refractivity contribution in [2.24, 2.45) is 0 Å². The van der Waals surface area contributed by atoms with Crippen LogP contribution in [0.4, 0.5) is 13.2 Å². The van der Waals surface area contributed by atoms with E-state index in [1.165, 1.54) is 12.3 Å². The topological polar surface area (TPSA) is 58.1 Å². The monoisotopic (exact) mass is 340 g/mol. The highest BCUT2D eigenvalue weighted by molar-refractivity contribution is 7.90. The van der Waals surface area contributed by atoms with Crippen LogP contribution in [0.15, 0.2) is 35.5 Å². The first-order chi connectivity index (χ1) is 10.8. The first kappa shape index (κ1) is 17.1. The van der Waals surface area contributed by atoms with Crippen LogP contribution >= 0.6 is 0 Å². The van der Waals surface area contributed by atoms with Crippen molar-refractivity contribution in [3.05, 3.63) is 36.0 Å². The predicted molar refractivity (Wildman–Crippen MR) is 79.1 cm³/mol. The fourth-order valence-corrected chi connectivity index (χ4v) is 2.17. The lowest BCUT2D eigenvalue weighted by Crippen LogP contribution is -2.14. The van der Waals surface area contributed by atoms with Crippen LogP contribution in [-0.4, -0.2) is 27.4 Å². The maximum atomic E-state index is 12.9. The maximum absolute atomic E-state index is 12.9. The SMILES string of the molecule is C#CCOc1cccc(-c2cc(C(F)(F)F)nc([S+](C)[O-])n2)c1. The molecule has 2 rings (SSSR count). The maximum Gasteiger partial charge on any atom is 0.433 e. The van der Waals surface area contributed by atoms with E-state index in [0.29, 0.717) is 11.3 Å². The molecule has 0 amide bonds. The molecule has 0 fully saturated rings. The van der Waals surface area contributed by atoms with Gasteiger partial charge in [-0.25, -0.2) is 0 Å². The highest BCUT2D eigenvalue weighted by atomic mass is 32.2. The molecule has 120 valence electrons. The van der Waals surface area contributed by atoms with Crippen LogP contribution in [-0.2, 0) is 17.4 Å². The van der Waals surface area contributed by atoms with Crippen molar-refractivity contribution in [1.82, 2.24) is 9.97 Å². The molecule has 0 saturated carbocycles. The molecule has 0 radical (unpaired) electrons. The second kappa shape index (κ2) is 6.89. The Morgan fingerprint density at radius 3 is 2.65 bits per heavy atom. The largest absolute Gasteiger partial charge is 0.609 e. The minimum atomic E-state index is -4.66. The Kier molecular flexibility index (Phi) is 5.13. The van der Waals surface area contributed by atoms with Gasteiger partial charge in [0.1, 0.15) is 18.6 Å². The second-order valence-electron chi connectivity index (χ2n) is 4.39. The first-order valence-corrected chi connectivity index (χ1v) is 7.83. The summed E-state index contributed by atoms with van der Waals surface area (Å²) in [5.41, 5.74) is -0.773. The molecule has 0 N–H and O–H groups in total. The Morgan fingerprint density at radius 1 is 1.30 bits per heavy atom. The summed E-state index contributed by atoms with van der Waals surface area (Å²) in [6.07, 6.45) is 1.64. The van der Waals surface area contributed by atoms with Crippen molar-refractivity contribution >= 4 is 11.2 Å². The number of alkyl halides is 3. The number of terminal acetylenes is 1. The average Bonchev–Trinajstić information content (AvgIpc) is 2.52. The van der Waals surface area contributed by atoms with Gasteiger partial charge in [0.15, 0.2) is 5.69 Å². The summed E-state index contributed by atoms with van der Waals surface area (Å²) in [6.45, 7) is 0.0330.